The van der Waals surface area contributed by atoms with Crippen LogP contribution in [0, 0.1) is 11.8 Å². The van der Waals surface area contributed by atoms with Gasteiger partial charge in [0.05, 0.1) is 0 Å². The Balaban J connectivity index is 2.29. The Bertz CT molecular complexity index is 331. The summed E-state index contributed by atoms with van der Waals surface area (Å²) in [5.41, 5.74) is 0. The molecular weight excluding hydrogens is 180 g/mol. The second-order valence-electron chi connectivity index (χ2n) is 3.46. The van der Waals surface area contributed by atoms with E-state index in [0.29, 0.717) is 6.42 Å². The normalized spacial score (nSPS) is 45.5. The van der Waals surface area contributed by atoms with Crippen molar-refractivity contribution in [3.8, 4) is 0 Å². The van der Waals surface area contributed by atoms with Crippen molar-refractivity contribution in [3.05, 3.63) is 12.2 Å². The van der Waals surface area contributed by atoms with Crippen molar-refractivity contribution in [2.24, 2.45) is 11.8 Å². The molecule has 0 saturated heterocycles. The zero-order chi connectivity index (χ0) is 8.98. The number of rotatable bonds is 1. The fourth-order valence-electron chi connectivity index (χ4n) is 2.06. The molecule has 0 bridgehead atoms. The van der Waals surface area contributed by atoms with Crippen molar-refractivity contribution in [1.82, 2.24) is 0 Å². The molecule has 3 atom stereocenters. The maximum absolute atomic E-state index is 10.8. The molecule has 0 radical (unpaired) electrons. The molecule has 0 aliphatic heterocycles. The van der Waals surface area contributed by atoms with E-state index in [1.165, 1.54) is 0 Å². The lowest BCUT2D eigenvalue weighted by Gasteiger charge is -2.45. The fraction of sp³-hybridized carbons (Fsp3) is 0.714. The number of fused-ring (bicyclic) bond motifs is 1. The summed E-state index contributed by atoms with van der Waals surface area (Å²) in [6.07, 6.45) is 4.41. The Labute approximate surface area is 70.7 Å². The predicted molar refractivity (Wildman–Crippen MR) is 41.9 cm³/mol. The highest BCUT2D eigenvalue weighted by atomic mass is 32.2. The van der Waals surface area contributed by atoms with Crippen LogP contribution in [-0.2, 0) is 10.1 Å². The Morgan fingerprint density at radius 3 is 2.67 bits per heavy atom. The first-order valence-corrected chi connectivity index (χ1v) is 5.25. The Morgan fingerprint density at radius 1 is 1.50 bits per heavy atom. The molecule has 0 heterocycles. The van der Waals surface area contributed by atoms with E-state index in [2.05, 4.69) is 0 Å². The average Bonchev–Trinajstić information content (AvgIpc) is 2.27. The highest BCUT2D eigenvalue weighted by Gasteiger charge is 2.60. The van der Waals surface area contributed by atoms with Crippen LogP contribution in [0.4, 0.5) is 0 Å². The van der Waals surface area contributed by atoms with E-state index in [4.69, 9.17) is 4.55 Å². The third-order valence-electron chi connectivity index (χ3n) is 2.84. The van der Waals surface area contributed by atoms with E-state index >= 15 is 0 Å². The fourth-order valence-corrected chi connectivity index (χ4v) is 3.12. The van der Waals surface area contributed by atoms with E-state index < -0.39 is 15.1 Å². The van der Waals surface area contributed by atoms with Crippen LogP contribution in [0.25, 0.3) is 0 Å². The van der Waals surface area contributed by atoms with Gasteiger partial charge in [-0.15, -0.1) is 0 Å². The molecule has 4 nitrogen and oxygen atoms in total. The van der Waals surface area contributed by atoms with Crippen LogP contribution in [-0.4, -0.2) is 23.0 Å². The summed E-state index contributed by atoms with van der Waals surface area (Å²) in [5, 5.41) is 9.54. The first-order chi connectivity index (χ1) is 5.45. The lowest BCUT2D eigenvalue weighted by atomic mass is 9.72. The summed E-state index contributed by atoms with van der Waals surface area (Å²) < 4.78 is 30.2. The van der Waals surface area contributed by atoms with Gasteiger partial charge in [-0.3, -0.25) is 4.55 Å². The molecule has 0 amide bonds. The van der Waals surface area contributed by atoms with Gasteiger partial charge in [-0.25, -0.2) is 0 Å². The van der Waals surface area contributed by atoms with Crippen molar-refractivity contribution in [1.29, 1.82) is 0 Å². The van der Waals surface area contributed by atoms with Gasteiger partial charge in [0.2, 0.25) is 0 Å². The minimum absolute atomic E-state index is 0.132. The monoisotopic (exact) mass is 190 g/mol. The average molecular weight is 190 g/mol. The van der Waals surface area contributed by atoms with Crippen molar-refractivity contribution in [2.75, 3.05) is 0 Å². The van der Waals surface area contributed by atoms with Gasteiger partial charge in [0.1, 0.15) is 0 Å². The molecule has 2 aliphatic carbocycles. The van der Waals surface area contributed by atoms with Gasteiger partial charge < -0.3 is 5.11 Å². The van der Waals surface area contributed by atoms with Gasteiger partial charge in [-0.05, 0) is 18.8 Å². The van der Waals surface area contributed by atoms with Crippen molar-refractivity contribution in [3.63, 3.8) is 0 Å². The van der Waals surface area contributed by atoms with Crippen LogP contribution < -0.4 is 0 Å². The van der Waals surface area contributed by atoms with Gasteiger partial charge >= 0.3 is 0 Å². The smallest absolute Gasteiger partial charge is 0.295 e. The highest BCUT2D eigenvalue weighted by molar-refractivity contribution is 7.87. The van der Waals surface area contributed by atoms with Crippen molar-refractivity contribution >= 4 is 10.1 Å². The first kappa shape index (κ1) is 8.22. The SMILES string of the molecule is O=S(=O)(O)C1(O)CC2C=CCC21. The molecule has 0 aromatic heterocycles. The molecule has 0 spiro atoms. The molecule has 5 heteroatoms. The van der Waals surface area contributed by atoms with E-state index in [0.717, 1.165) is 0 Å². The minimum atomic E-state index is -4.30. The second kappa shape index (κ2) is 2.10. The molecule has 68 valence electrons. The maximum Gasteiger partial charge on any atom is 0.295 e. The molecule has 1 saturated carbocycles. The Kier molecular flexibility index (Phi) is 1.44. The summed E-state index contributed by atoms with van der Waals surface area (Å²) in [6.45, 7) is 0. The zero-order valence-corrected chi connectivity index (χ0v) is 7.16. The Hall–Kier alpha value is -0.390. The van der Waals surface area contributed by atoms with Crippen molar-refractivity contribution in [2.45, 2.75) is 17.8 Å². The first-order valence-electron chi connectivity index (χ1n) is 3.81. The lowest BCUT2D eigenvalue weighted by molar-refractivity contribution is -0.0512. The molecule has 3 unspecified atom stereocenters. The molecule has 0 aromatic rings. The molecule has 2 rings (SSSR count). The summed E-state index contributed by atoms with van der Waals surface area (Å²) in [4.78, 5) is -1.87. The van der Waals surface area contributed by atoms with E-state index in [1.807, 2.05) is 12.2 Å². The second-order valence-corrected chi connectivity index (χ2v) is 5.12. The number of aliphatic hydroxyl groups is 1. The third-order valence-corrected chi connectivity index (χ3v) is 4.21. The standard InChI is InChI=1S/C7H10O4S/c8-7(12(9,10)11)4-5-2-1-3-6(5)7/h1-2,5-6,8H,3-4H2,(H,9,10,11). The van der Waals surface area contributed by atoms with E-state index in [-0.39, 0.29) is 18.3 Å². The number of allylic oxidation sites excluding steroid dienone is 2. The van der Waals surface area contributed by atoms with Crippen LogP contribution in [0.1, 0.15) is 12.8 Å². The van der Waals surface area contributed by atoms with Crippen LogP contribution in [0.2, 0.25) is 0 Å². The maximum atomic E-state index is 10.8. The number of hydrogen-bond donors (Lipinski definition) is 2. The summed E-state index contributed by atoms with van der Waals surface area (Å²) in [7, 11) is -4.30. The largest absolute Gasteiger partial charge is 0.372 e. The third kappa shape index (κ3) is 0.813. The molecule has 2 N–H and O–H groups in total. The summed E-state index contributed by atoms with van der Waals surface area (Å²) >= 11 is 0. The summed E-state index contributed by atoms with van der Waals surface area (Å²) in [5.74, 6) is -0.190. The quantitative estimate of drug-likeness (QED) is 0.456. The topological polar surface area (TPSA) is 74.6 Å². The van der Waals surface area contributed by atoms with Crippen molar-refractivity contribution < 1.29 is 18.1 Å². The lowest BCUT2D eigenvalue weighted by Crippen LogP contribution is -2.56. The summed E-state index contributed by atoms with van der Waals surface area (Å²) in [6, 6.07) is 0. The van der Waals surface area contributed by atoms with Crippen LogP contribution >= 0.6 is 0 Å². The highest BCUT2D eigenvalue weighted by Crippen LogP contribution is 2.52. The Morgan fingerprint density at radius 2 is 2.17 bits per heavy atom. The van der Waals surface area contributed by atoms with Gasteiger partial charge in [-0.1, -0.05) is 12.2 Å². The van der Waals surface area contributed by atoms with E-state index in [9.17, 15) is 13.5 Å². The zero-order valence-electron chi connectivity index (χ0n) is 6.34. The van der Waals surface area contributed by atoms with Gasteiger partial charge in [0, 0.05) is 5.92 Å². The molecule has 2 aliphatic rings. The molecule has 1 fully saturated rings. The van der Waals surface area contributed by atoms with Gasteiger partial charge in [-0.2, -0.15) is 8.42 Å². The molecular formula is C7H10O4S. The van der Waals surface area contributed by atoms with Gasteiger partial charge in [0.15, 0.2) is 4.93 Å². The predicted octanol–water partition coefficient (Wildman–Crippen LogP) is 0.159. The number of hydrogen-bond acceptors (Lipinski definition) is 3. The van der Waals surface area contributed by atoms with Gasteiger partial charge in [0.25, 0.3) is 10.1 Å². The minimum Gasteiger partial charge on any atom is -0.372 e. The molecule has 0 aromatic carbocycles. The molecule has 12 heavy (non-hydrogen) atoms. The van der Waals surface area contributed by atoms with Crippen LogP contribution in [0.3, 0.4) is 0 Å². The van der Waals surface area contributed by atoms with Crippen LogP contribution in [0.15, 0.2) is 12.2 Å². The van der Waals surface area contributed by atoms with Crippen LogP contribution in [0.5, 0.6) is 0 Å². The van der Waals surface area contributed by atoms with E-state index in [1.54, 1.807) is 0 Å².